The molecule has 4 fully saturated rings. The Morgan fingerprint density at radius 2 is 1.10 bits per heavy atom. The molecule has 162 valence electrons. The maximum atomic E-state index is 12.7. The minimum absolute atomic E-state index is 0.325. The molecule has 0 amide bonds. The number of hydrogen-bond acceptors (Lipinski definition) is 8. The van der Waals surface area contributed by atoms with Gasteiger partial charge in [0.25, 0.3) is 6.48 Å². The molecule has 0 spiro atoms. The molecule has 1 N–H and O–H groups in total. The fraction of sp³-hybridized carbons (Fsp3) is 0.333. The molecule has 6 rings (SSSR count). The van der Waals surface area contributed by atoms with Crippen molar-refractivity contribution in [1.82, 2.24) is 0 Å². The summed E-state index contributed by atoms with van der Waals surface area (Å²) in [6, 6.07) is 13.3. The smallest absolute Gasteiger partial charge is 0.338 e. The zero-order valence-electron chi connectivity index (χ0n) is 15.7. The van der Waals surface area contributed by atoms with Crippen LogP contribution in [0.3, 0.4) is 0 Å². The average Bonchev–Trinajstić information content (AvgIpc) is 2.76. The van der Waals surface area contributed by atoms with E-state index in [0.717, 1.165) is 8.95 Å². The first-order valence-corrected chi connectivity index (χ1v) is 11.1. The van der Waals surface area contributed by atoms with Crippen molar-refractivity contribution in [2.45, 2.75) is 43.1 Å². The van der Waals surface area contributed by atoms with Crippen LogP contribution in [0, 0.1) is 0 Å². The van der Waals surface area contributed by atoms with Gasteiger partial charge in [0, 0.05) is 8.95 Å². The number of esters is 2. The van der Waals surface area contributed by atoms with Crippen LogP contribution in [0.2, 0.25) is 0 Å². The minimum atomic E-state index is -1.16. The molecule has 2 aromatic rings. The summed E-state index contributed by atoms with van der Waals surface area (Å²) in [5.74, 6) is -1.22. The molecule has 7 atom stereocenters. The molecule has 4 aliphatic rings. The highest BCUT2D eigenvalue weighted by Gasteiger charge is 2.64. The molecule has 0 radical (unpaired) electrons. The first kappa shape index (κ1) is 21.0. The number of halogens is 2. The number of carbonyl (C=O) groups excluding carboxylic acids is 2. The zero-order chi connectivity index (χ0) is 21.7. The molecule has 8 nitrogen and oxygen atoms in total. The van der Waals surface area contributed by atoms with E-state index in [1.807, 2.05) is 0 Å². The van der Waals surface area contributed by atoms with Gasteiger partial charge >= 0.3 is 11.9 Å². The van der Waals surface area contributed by atoms with E-state index in [2.05, 4.69) is 31.9 Å². The second-order valence-electron chi connectivity index (χ2n) is 7.33. The second-order valence-corrected chi connectivity index (χ2v) is 9.17. The Hall–Kier alpha value is -1.82. The van der Waals surface area contributed by atoms with Crippen LogP contribution in [-0.2, 0) is 23.7 Å². The predicted molar refractivity (Wildman–Crippen MR) is 111 cm³/mol. The lowest BCUT2D eigenvalue weighted by Gasteiger charge is -2.56. The fourth-order valence-corrected chi connectivity index (χ4v) is 4.44. The fourth-order valence-electron chi connectivity index (χ4n) is 3.91. The first-order valence-electron chi connectivity index (χ1n) is 9.48. The summed E-state index contributed by atoms with van der Waals surface area (Å²) in [6.45, 7) is -1.02. The summed E-state index contributed by atoms with van der Waals surface area (Å²) in [7, 11) is 0. The molecule has 0 aromatic heterocycles. The van der Waals surface area contributed by atoms with Gasteiger partial charge in [-0.25, -0.2) is 9.59 Å². The van der Waals surface area contributed by atoms with E-state index in [1.54, 1.807) is 48.5 Å². The molecule has 3 aliphatic heterocycles. The van der Waals surface area contributed by atoms with Gasteiger partial charge in [0.15, 0.2) is 12.2 Å². The quantitative estimate of drug-likeness (QED) is 0.575. The number of aliphatic hydroxyl groups excluding tert-OH is 1. The minimum Gasteiger partial charge on any atom is -0.453 e. The first-order chi connectivity index (χ1) is 14.9. The number of rotatable bonds is 4. The van der Waals surface area contributed by atoms with Gasteiger partial charge in [-0.3, -0.25) is 0 Å². The van der Waals surface area contributed by atoms with Crippen molar-refractivity contribution in [3.63, 3.8) is 0 Å². The van der Waals surface area contributed by atoms with Crippen molar-refractivity contribution in [2.24, 2.45) is 0 Å². The molecule has 3 saturated heterocycles. The van der Waals surface area contributed by atoms with Crippen LogP contribution in [0.5, 0.6) is 0 Å². The molecule has 31 heavy (non-hydrogen) atoms. The van der Waals surface area contributed by atoms with E-state index in [0.29, 0.717) is 11.1 Å². The third-order valence-corrected chi connectivity index (χ3v) is 6.48. The molecular formula is C21H16Br2O8. The standard InChI is InChI=1S/C21H16Br2O8/c22-11-5-1-9(2-6-11)19(25)27-16-14-13(24)15-17(18(16)31-21(29-14)30-15)28-20(26)10-3-7-12(23)8-4-10/h1-8,13-18,21,24H/t13?,14-,15+,16-,17-,18?,21?/m1/s1. The van der Waals surface area contributed by atoms with Crippen LogP contribution in [0.4, 0.5) is 0 Å². The van der Waals surface area contributed by atoms with Crippen molar-refractivity contribution in [2.75, 3.05) is 0 Å². The highest BCUT2D eigenvalue weighted by molar-refractivity contribution is 9.10. The van der Waals surface area contributed by atoms with Crippen LogP contribution in [0.15, 0.2) is 57.5 Å². The van der Waals surface area contributed by atoms with Gasteiger partial charge in [-0.05, 0) is 48.5 Å². The average molecular weight is 556 g/mol. The Balaban J connectivity index is 1.37. The highest BCUT2D eigenvalue weighted by Crippen LogP contribution is 2.42. The second kappa shape index (κ2) is 8.27. The topological polar surface area (TPSA) is 101 Å². The van der Waals surface area contributed by atoms with Gasteiger partial charge in [-0.1, -0.05) is 31.9 Å². The van der Waals surface area contributed by atoms with E-state index in [-0.39, 0.29) is 0 Å². The van der Waals surface area contributed by atoms with Crippen LogP contribution < -0.4 is 0 Å². The van der Waals surface area contributed by atoms with Crippen molar-refractivity contribution in [3.05, 3.63) is 68.6 Å². The van der Waals surface area contributed by atoms with Gasteiger partial charge in [-0.15, -0.1) is 0 Å². The Kier molecular flexibility index (Phi) is 5.61. The van der Waals surface area contributed by atoms with Gasteiger partial charge in [0.1, 0.15) is 24.4 Å². The summed E-state index contributed by atoms with van der Waals surface area (Å²) >= 11 is 6.63. The van der Waals surface area contributed by atoms with Crippen LogP contribution >= 0.6 is 31.9 Å². The maximum Gasteiger partial charge on any atom is 0.338 e. The Bertz CT molecular complexity index is 918. The molecule has 2 aromatic carbocycles. The number of ether oxygens (including phenoxy) is 5. The number of carbonyl (C=O) groups is 2. The Labute approximate surface area is 193 Å². The van der Waals surface area contributed by atoms with E-state index in [4.69, 9.17) is 23.7 Å². The third kappa shape index (κ3) is 3.92. The van der Waals surface area contributed by atoms with Crippen LogP contribution in [0.25, 0.3) is 0 Å². The number of hydrogen-bond donors (Lipinski definition) is 1. The van der Waals surface area contributed by atoms with E-state index >= 15 is 0 Å². The summed E-state index contributed by atoms with van der Waals surface area (Å²) in [6.07, 6.45) is -5.68. The Morgan fingerprint density at radius 3 is 1.52 bits per heavy atom. The molecule has 4 bridgehead atoms. The molecule has 3 unspecified atom stereocenters. The number of benzene rings is 2. The molecule has 1 aliphatic carbocycles. The van der Waals surface area contributed by atoms with Gasteiger partial charge in [0.2, 0.25) is 0 Å². The van der Waals surface area contributed by atoms with Crippen molar-refractivity contribution >= 4 is 43.8 Å². The van der Waals surface area contributed by atoms with E-state index in [1.165, 1.54) is 0 Å². The summed E-state index contributed by atoms with van der Waals surface area (Å²) in [5, 5.41) is 10.7. The Morgan fingerprint density at radius 1 is 0.710 bits per heavy atom. The summed E-state index contributed by atoms with van der Waals surface area (Å²) < 4.78 is 29.7. The third-order valence-electron chi connectivity index (χ3n) is 5.42. The lowest BCUT2D eigenvalue weighted by molar-refractivity contribution is -0.479. The normalized spacial score (nSPS) is 33.2. The van der Waals surface area contributed by atoms with Gasteiger partial charge in [-0.2, -0.15) is 0 Å². The molecule has 1 saturated carbocycles. The lowest BCUT2D eigenvalue weighted by atomic mass is 9.82. The molecule has 10 heteroatoms. The van der Waals surface area contributed by atoms with E-state index in [9.17, 15) is 14.7 Å². The molecular weight excluding hydrogens is 540 g/mol. The predicted octanol–water partition coefficient (Wildman–Crippen LogP) is 2.80. The zero-order valence-corrected chi connectivity index (χ0v) is 18.9. The van der Waals surface area contributed by atoms with Crippen molar-refractivity contribution < 1.29 is 38.4 Å². The summed E-state index contributed by atoms with van der Waals surface area (Å²) in [5.41, 5.74) is 0.650. The number of aliphatic hydroxyl groups is 1. The highest BCUT2D eigenvalue weighted by atomic mass is 79.9. The van der Waals surface area contributed by atoms with Crippen molar-refractivity contribution in [1.29, 1.82) is 0 Å². The lowest BCUT2D eigenvalue weighted by Crippen LogP contribution is -2.76. The van der Waals surface area contributed by atoms with Crippen LogP contribution in [0.1, 0.15) is 20.7 Å². The van der Waals surface area contributed by atoms with Crippen LogP contribution in [-0.4, -0.2) is 60.1 Å². The van der Waals surface area contributed by atoms with Crippen molar-refractivity contribution in [3.8, 4) is 0 Å². The van der Waals surface area contributed by atoms with Gasteiger partial charge < -0.3 is 28.8 Å². The summed E-state index contributed by atoms with van der Waals surface area (Å²) in [4.78, 5) is 25.3. The maximum absolute atomic E-state index is 12.7. The van der Waals surface area contributed by atoms with Gasteiger partial charge in [0.05, 0.1) is 11.1 Å². The molecule has 3 heterocycles. The monoisotopic (exact) mass is 554 g/mol. The van der Waals surface area contributed by atoms with E-state index < -0.39 is 55.0 Å². The largest absolute Gasteiger partial charge is 0.453 e. The SMILES string of the molecule is O=C(O[C@H]1C2OC3O[C@@H]1C(O)[C@H](O3)[C@H]2OC(=O)c1ccc(Br)cc1)c1ccc(Br)cc1.